The standard InChI is InChI=1S/C8H6BrNO/c1-10-8-3-2-6(5-11)4-7(8)9/h2-4,11H,5H2. The first-order valence-corrected chi connectivity index (χ1v) is 3.84. The van der Waals surface area contributed by atoms with Gasteiger partial charge in [0.1, 0.15) is 0 Å². The van der Waals surface area contributed by atoms with E-state index in [1.54, 1.807) is 18.2 Å². The molecule has 0 radical (unpaired) electrons. The van der Waals surface area contributed by atoms with Gasteiger partial charge in [0.25, 0.3) is 0 Å². The lowest BCUT2D eigenvalue weighted by molar-refractivity contribution is 0.282. The van der Waals surface area contributed by atoms with Gasteiger partial charge in [-0.15, -0.1) is 0 Å². The van der Waals surface area contributed by atoms with Crippen molar-refractivity contribution < 1.29 is 5.11 Å². The Labute approximate surface area is 73.4 Å². The second kappa shape index (κ2) is 3.51. The summed E-state index contributed by atoms with van der Waals surface area (Å²) >= 11 is 3.22. The Morgan fingerprint density at radius 1 is 1.55 bits per heavy atom. The molecule has 0 aliphatic rings. The molecule has 0 saturated heterocycles. The monoisotopic (exact) mass is 211 g/mol. The van der Waals surface area contributed by atoms with Crippen molar-refractivity contribution in [1.82, 2.24) is 0 Å². The van der Waals surface area contributed by atoms with Crippen molar-refractivity contribution in [3.05, 3.63) is 39.7 Å². The van der Waals surface area contributed by atoms with Gasteiger partial charge in [0.2, 0.25) is 5.69 Å². The molecule has 0 aromatic heterocycles. The Kier molecular flexibility index (Phi) is 2.64. The number of aliphatic hydroxyl groups is 1. The van der Waals surface area contributed by atoms with Gasteiger partial charge in [-0.05, 0) is 5.56 Å². The molecule has 0 aliphatic carbocycles. The maximum atomic E-state index is 8.73. The Morgan fingerprint density at radius 2 is 2.27 bits per heavy atom. The summed E-state index contributed by atoms with van der Waals surface area (Å²) in [6, 6.07) is 5.16. The molecule has 0 unspecified atom stereocenters. The molecular formula is C8H6BrNO. The van der Waals surface area contributed by atoms with Crippen LogP contribution in [-0.2, 0) is 6.61 Å². The van der Waals surface area contributed by atoms with Crippen LogP contribution in [0.15, 0.2) is 22.7 Å². The van der Waals surface area contributed by atoms with Crippen molar-refractivity contribution in [2.24, 2.45) is 0 Å². The van der Waals surface area contributed by atoms with E-state index in [9.17, 15) is 0 Å². The third kappa shape index (κ3) is 1.79. The normalized spacial score (nSPS) is 9.18. The molecule has 2 nitrogen and oxygen atoms in total. The van der Waals surface area contributed by atoms with E-state index < -0.39 is 0 Å². The highest BCUT2D eigenvalue weighted by Gasteiger charge is 1.98. The Hall–Kier alpha value is -0.850. The molecule has 0 heterocycles. The van der Waals surface area contributed by atoms with Gasteiger partial charge < -0.3 is 5.11 Å². The van der Waals surface area contributed by atoms with Gasteiger partial charge in [0.15, 0.2) is 0 Å². The minimum absolute atomic E-state index is 0.0108. The summed E-state index contributed by atoms with van der Waals surface area (Å²) < 4.78 is 0.735. The molecule has 56 valence electrons. The van der Waals surface area contributed by atoms with Crippen LogP contribution in [-0.4, -0.2) is 5.11 Å². The maximum absolute atomic E-state index is 8.73. The number of hydrogen-bond acceptors (Lipinski definition) is 1. The molecule has 0 fully saturated rings. The van der Waals surface area contributed by atoms with E-state index in [0.717, 1.165) is 10.0 Å². The Balaban J connectivity index is 3.12. The summed E-state index contributed by atoms with van der Waals surface area (Å²) in [6.07, 6.45) is 0. The van der Waals surface area contributed by atoms with E-state index >= 15 is 0 Å². The number of rotatable bonds is 1. The highest BCUT2D eigenvalue weighted by Crippen LogP contribution is 2.25. The zero-order valence-corrected chi connectivity index (χ0v) is 7.30. The second-order valence-corrected chi connectivity index (χ2v) is 2.91. The summed E-state index contributed by atoms with van der Waals surface area (Å²) in [5.74, 6) is 0. The van der Waals surface area contributed by atoms with Crippen LogP contribution in [0, 0.1) is 6.57 Å². The Morgan fingerprint density at radius 3 is 2.73 bits per heavy atom. The van der Waals surface area contributed by atoms with Crippen molar-refractivity contribution in [3.63, 3.8) is 0 Å². The first kappa shape index (κ1) is 8.25. The average Bonchev–Trinajstić information content (AvgIpc) is 2.04. The molecule has 1 aromatic carbocycles. The maximum Gasteiger partial charge on any atom is 0.201 e. The summed E-state index contributed by atoms with van der Waals surface area (Å²) in [4.78, 5) is 3.27. The molecule has 0 atom stereocenters. The molecule has 1 N–H and O–H groups in total. The van der Waals surface area contributed by atoms with Gasteiger partial charge in [0, 0.05) is 4.47 Å². The molecule has 1 rings (SSSR count). The van der Waals surface area contributed by atoms with Crippen LogP contribution in [0.5, 0.6) is 0 Å². The van der Waals surface area contributed by atoms with Gasteiger partial charge >= 0.3 is 0 Å². The Bertz CT molecular complexity index is 303. The van der Waals surface area contributed by atoms with Crippen LogP contribution in [0.4, 0.5) is 5.69 Å². The number of aliphatic hydroxyl groups excluding tert-OH is 1. The molecule has 0 bridgehead atoms. The molecule has 0 aliphatic heterocycles. The lowest BCUT2D eigenvalue weighted by atomic mass is 10.2. The largest absolute Gasteiger partial charge is 0.392 e. The average molecular weight is 212 g/mol. The summed E-state index contributed by atoms with van der Waals surface area (Å²) in [5.41, 5.74) is 1.38. The van der Waals surface area contributed by atoms with E-state index in [-0.39, 0.29) is 6.61 Å². The van der Waals surface area contributed by atoms with Crippen LogP contribution in [0.1, 0.15) is 5.56 Å². The SMILES string of the molecule is [C-]#[N+]c1ccc(CO)cc1Br. The number of benzene rings is 1. The summed E-state index contributed by atoms with van der Waals surface area (Å²) in [5, 5.41) is 8.73. The van der Waals surface area contributed by atoms with Crippen molar-refractivity contribution in [3.8, 4) is 0 Å². The van der Waals surface area contributed by atoms with Crippen LogP contribution in [0.3, 0.4) is 0 Å². The van der Waals surface area contributed by atoms with Crippen LogP contribution in [0.25, 0.3) is 4.85 Å². The van der Waals surface area contributed by atoms with Crippen molar-refractivity contribution >= 4 is 21.6 Å². The molecule has 0 saturated carbocycles. The van der Waals surface area contributed by atoms with Gasteiger partial charge in [-0.2, -0.15) is 0 Å². The quantitative estimate of drug-likeness (QED) is 0.710. The predicted octanol–water partition coefficient (Wildman–Crippen LogP) is 2.49. The van der Waals surface area contributed by atoms with E-state index in [2.05, 4.69) is 20.8 Å². The topological polar surface area (TPSA) is 24.6 Å². The third-order valence-electron chi connectivity index (χ3n) is 1.32. The number of nitrogens with zero attached hydrogens (tertiary/aromatic N) is 1. The second-order valence-electron chi connectivity index (χ2n) is 2.06. The summed E-state index contributed by atoms with van der Waals surface area (Å²) in [7, 11) is 0. The minimum Gasteiger partial charge on any atom is -0.392 e. The van der Waals surface area contributed by atoms with Gasteiger partial charge in [-0.25, -0.2) is 4.85 Å². The third-order valence-corrected chi connectivity index (χ3v) is 1.95. The summed E-state index contributed by atoms with van der Waals surface area (Å²) in [6.45, 7) is 6.76. The molecule has 3 heteroatoms. The fraction of sp³-hybridized carbons (Fsp3) is 0.125. The smallest absolute Gasteiger partial charge is 0.201 e. The zero-order chi connectivity index (χ0) is 8.27. The fourth-order valence-electron chi connectivity index (χ4n) is 0.739. The fourth-order valence-corrected chi connectivity index (χ4v) is 1.25. The van der Waals surface area contributed by atoms with Gasteiger partial charge in [-0.3, -0.25) is 0 Å². The minimum atomic E-state index is 0.0108. The van der Waals surface area contributed by atoms with E-state index in [0.29, 0.717) is 5.69 Å². The van der Waals surface area contributed by atoms with Crippen molar-refractivity contribution in [1.29, 1.82) is 0 Å². The van der Waals surface area contributed by atoms with E-state index in [1.807, 2.05) is 0 Å². The lowest BCUT2D eigenvalue weighted by Crippen LogP contribution is -1.80. The highest BCUT2D eigenvalue weighted by atomic mass is 79.9. The number of halogens is 1. The van der Waals surface area contributed by atoms with Gasteiger partial charge in [-0.1, -0.05) is 34.1 Å². The molecule has 0 spiro atoms. The highest BCUT2D eigenvalue weighted by molar-refractivity contribution is 9.10. The first-order chi connectivity index (χ1) is 5.27. The van der Waals surface area contributed by atoms with Crippen molar-refractivity contribution in [2.45, 2.75) is 6.61 Å². The molecule has 1 aromatic rings. The zero-order valence-electron chi connectivity index (χ0n) is 5.71. The molecular weight excluding hydrogens is 206 g/mol. The molecule has 11 heavy (non-hydrogen) atoms. The first-order valence-electron chi connectivity index (χ1n) is 3.04. The van der Waals surface area contributed by atoms with E-state index in [1.165, 1.54) is 0 Å². The van der Waals surface area contributed by atoms with Crippen LogP contribution >= 0.6 is 15.9 Å². The van der Waals surface area contributed by atoms with E-state index in [4.69, 9.17) is 11.7 Å². The van der Waals surface area contributed by atoms with Crippen molar-refractivity contribution in [2.75, 3.05) is 0 Å². The lowest BCUT2D eigenvalue weighted by Gasteiger charge is -1.97. The van der Waals surface area contributed by atoms with Crippen LogP contribution in [0.2, 0.25) is 0 Å². The van der Waals surface area contributed by atoms with Crippen LogP contribution < -0.4 is 0 Å². The molecule has 0 amide bonds. The number of hydrogen-bond donors (Lipinski definition) is 1. The predicted molar refractivity (Wildman–Crippen MR) is 46.3 cm³/mol. The van der Waals surface area contributed by atoms with Gasteiger partial charge in [0.05, 0.1) is 13.2 Å².